The van der Waals surface area contributed by atoms with Crippen LogP contribution in [0, 0.1) is 5.92 Å². The lowest BCUT2D eigenvalue weighted by Crippen LogP contribution is -2.50. The van der Waals surface area contributed by atoms with Crippen LogP contribution in [0.5, 0.6) is 0 Å². The zero-order chi connectivity index (χ0) is 18.7. The van der Waals surface area contributed by atoms with E-state index < -0.39 is 10.0 Å². The van der Waals surface area contributed by atoms with Gasteiger partial charge in [0.2, 0.25) is 10.0 Å². The van der Waals surface area contributed by atoms with Crippen molar-refractivity contribution in [3.63, 3.8) is 0 Å². The van der Waals surface area contributed by atoms with Gasteiger partial charge < -0.3 is 10.6 Å². The van der Waals surface area contributed by atoms with E-state index in [1.807, 2.05) is 0 Å². The van der Waals surface area contributed by atoms with Gasteiger partial charge >= 0.3 is 0 Å². The highest BCUT2D eigenvalue weighted by Crippen LogP contribution is 2.16. The lowest BCUT2D eigenvalue weighted by Gasteiger charge is -2.34. The Bertz CT molecular complexity index is 491. The normalized spacial score (nSPS) is 18.1. The molecule has 0 saturated carbocycles. The van der Waals surface area contributed by atoms with Crippen molar-refractivity contribution in [3.05, 3.63) is 0 Å². The second-order valence-electron chi connectivity index (χ2n) is 7.16. The summed E-state index contributed by atoms with van der Waals surface area (Å²) in [5, 5.41) is 6.69. The van der Waals surface area contributed by atoms with Crippen LogP contribution in [0.4, 0.5) is 0 Å². The highest BCUT2D eigenvalue weighted by molar-refractivity contribution is 14.0. The number of hydrogen-bond acceptors (Lipinski definition) is 4. The minimum absolute atomic E-state index is 0. The summed E-state index contributed by atoms with van der Waals surface area (Å²) in [4.78, 5) is 6.89. The van der Waals surface area contributed by atoms with Crippen molar-refractivity contribution in [1.29, 1.82) is 0 Å². The van der Waals surface area contributed by atoms with E-state index in [0.717, 1.165) is 12.5 Å². The molecule has 9 heteroatoms. The van der Waals surface area contributed by atoms with E-state index in [2.05, 4.69) is 39.1 Å². The topological polar surface area (TPSA) is 85.8 Å². The van der Waals surface area contributed by atoms with Crippen molar-refractivity contribution in [2.45, 2.75) is 52.0 Å². The highest BCUT2D eigenvalue weighted by atomic mass is 127. The fraction of sp³-hybridized carbons (Fsp3) is 0.941. The maximum atomic E-state index is 11.0. The minimum atomic E-state index is -3.11. The first kappa shape index (κ1) is 25.9. The summed E-state index contributed by atoms with van der Waals surface area (Å²) in [6, 6.07) is 0.503. The first-order chi connectivity index (χ1) is 11.8. The number of guanidine groups is 1. The van der Waals surface area contributed by atoms with Crippen LogP contribution >= 0.6 is 24.0 Å². The van der Waals surface area contributed by atoms with Gasteiger partial charge in [0.1, 0.15) is 0 Å². The summed E-state index contributed by atoms with van der Waals surface area (Å²) in [7, 11) is -1.34. The summed E-state index contributed by atoms with van der Waals surface area (Å²) < 4.78 is 24.5. The molecule has 0 aromatic heterocycles. The number of halogens is 1. The smallest absolute Gasteiger partial charge is 0.208 e. The molecule has 0 bridgehead atoms. The van der Waals surface area contributed by atoms with Gasteiger partial charge in [-0.25, -0.2) is 13.1 Å². The van der Waals surface area contributed by atoms with E-state index in [1.54, 1.807) is 7.05 Å². The molecule has 1 saturated heterocycles. The Morgan fingerprint density at radius 3 is 2.19 bits per heavy atom. The van der Waals surface area contributed by atoms with Crippen LogP contribution in [0.1, 0.15) is 46.0 Å². The minimum Gasteiger partial charge on any atom is -0.356 e. The molecule has 7 nitrogen and oxygen atoms in total. The van der Waals surface area contributed by atoms with Crippen molar-refractivity contribution in [3.8, 4) is 0 Å². The van der Waals surface area contributed by atoms with Crippen LogP contribution in [0.2, 0.25) is 0 Å². The number of likely N-dealkylation sites (tertiary alicyclic amines) is 1. The van der Waals surface area contributed by atoms with E-state index in [4.69, 9.17) is 0 Å². The van der Waals surface area contributed by atoms with E-state index in [0.29, 0.717) is 31.5 Å². The number of aliphatic imine (C=N–C) groups is 1. The second kappa shape index (κ2) is 14.0. The largest absolute Gasteiger partial charge is 0.356 e. The fourth-order valence-corrected chi connectivity index (χ4v) is 3.70. The Kier molecular flexibility index (Phi) is 13.9. The van der Waals surface area contributed by atoms with Crippen LogP contribution in [-0.4, -0.2) is 71.3 Å². The van der Waals surface area contributed by atoms with Gasteiger partial charge in [-0.05, 0) is 38.3 Å². The molecule has 0 spiro atoms. The molecule has 1 rings (SSSR count). The monoisotopic (exact) mass is 503 g/mol. The van der Waals surface area contributed by atoms with Gasteiger partial charge in [0.15, 0.2) is 5.96 Å². The molecule has 0 radical (unpaired) electrons. The summed E-state index contributed by atoms with van der Waals surface area (Å²) in [5.41, 5.74) is 0. The summed E-state index contributed by atoms with van der Waals surface area (Å²) in [6.45, 7) is 8.93. The zero-order valence-corrected chi connectivity index (χ0v) is 19.9. The summed E-state index contributed by atoms with van der Waals surface area (Å²) >= 11 is 0. The van der Waals surface area contributed by atoms with Gasteiger partial charge in [0, 0.05) is 32.7 Å². The molecule has 0 aromatic carbocycles. The molecule has 0 aliphatic carbocycles. The maximum Gasteiger partial charge on any atom is 0.208 e. The molecular weight excluding hydrogens is 465 g/mol. The third-order valence-electron chi connectivity index (χ3n) is 4.59. The van der Waals surface area contributed by atoms with Crippen LogP contribution in [0.25, 0.3) is 0 Å². The van der Waals surface area contributed by atoms with E-state index >= 15 is 0 Å². The summed E-state index contributed by atoms with van der Waals surface area (Å²) in [6.07, 6.45) is 7.18. The molecule has 1 heterocycles. The van der Waals surface area contributed by atoms with Crippen molar-refractivity contribution in [1.82, 2.24) is 20.3 Å². The summed E-state index contributed by atoms with van der Waals surface area (Å²) in [5.74, 6) is 1.36. The Labute approximate surface area is 177 Å². The Morgan fingerprint density at radius 1 is 1.08 bits per heavy atom. The highest BCUT2D eigenvalue weighted by Gasteiger charge is 2.22. The van der Waals surface area contributed by atoms with Crippen LogP contribution in [0.3, 0.4) is 0 Å². The van der Waals surface area contributed by atoms with Crippen molar-refractivity contribution < 1.29 is 8.42 Å². The zero-order valence-electron chi connectivity index (χ0n) is 16.8. The van der Waals surface area contributed by atoms with Crippen LogP contribution < -0.4 is 15.4 Å². The quantitative estimate of drug-likeness (QED) is 0.193. The number of hydrogen-bond donors (Lipinski definition) is 3. The molecule has 1 atom stereocenters. The van der Waals surface area contributed by atoms with Crippen molar-refractivity contribution >= 4 is 40.0 Å². The molecule has 1 unspecified atom stereocenters. The Hall–Kier alpha value is -0.130. The maximum absolute atomic E-state index is 11.0. The number of rotatable bonds is 9. The molecular formula is C17H38IN5O2S. The molecule has 1 aliphatic rings. The average molecular weight is 503 g/mol. The van der Waals surface area contributed by atoms with Gasteiger partial charge in [-0.15, -0.1) is 24.0 Å². The first-order valence-corrected chi connectivity index (χ1v) is 11.4. The van der Waals surface area contributed by atoms with Gasteiger partial charge in [-0.3, -0.25) is 9.89 Å². The van der Waals surface area contributed by atoms with Crippen LogP contribution in [-0.2, 0) is 10.0 Å². The molecule has 156 valence electrons. The lowest BCUT2D eigenvalue weighted by molar-refractivity contribution is 0.161. The molecule has 1 aliphatic heterocycles. The van der Waals surface area contributed by atoms with Gasteiger partial charge in [0.25, 0.3) is 0 Å². The molecule has 26 heavy (non-hydrogen) atoms. The number of nitrogens with one attached hydrogen (secondary N) is 3. The number of sulfonamides is 1. The van der Waals surface area contributed by atoms with E-state index in [9.17, 15) is 8.42 Å². The molecule has 3 N–H and O–H groups in total. The van der Waals surface area contributed by atoms with E-state index in [1.165, 1.54) is 45.0 Å². The molecule has 0 amide bonds. The van der Waals surface area contributed by atoms with Gasteiger partial charge in [-0.1, -0.05) is 26.7 Å². The van der Waals surface area contributed by atoms with E-state index in [-0.39, 0.29) is 24.0 Å². The average Bonchev–Trinajstić information content (AvgIpc) is 2.80. The SMILES string of the molecule is CN=C(NCCCNS(C)(=O)=O)NCC(C(C)C)N1CCCCCC1.I. The second-order valence-corrected chi connectivity index (χ2v) is 8.99. The van der Waals surface area contributed by atoms with Crippen molar-refractivity contribution in [2.75, 3.05) is 46.0 Å². The fourth-order valence-electron chi connectivity index (χ4n) is 3.19. The van der Waals surface area contributed by atoms with Crippen LogP contribution in [0.15, 0.2) is 4.99 Å². The standard InChI is InChI=1S/C17H37N5O2S.HI/c1-15(2)16(22-12-7-5-6-8-13-22)14-20-17(18-3)19-10-9-11-21-25(4,23)24;/h15-16,21H,5-14H2,1-4H3,(H2,18,19,20);1H. The van der Waals surface area contributed by atoms with Gasteiger partial charge in [-0.2, -0.15) is 0 Å². The molecule has 1 fully saturated rings. The predicted molar refractivity (Wildman–Crippen MR) is 121 cm³/mol. The number of nitrogens with zero attached hydrogens (tertiary/aromatic N) is 2. The predicted octanol–water partition coefficient (Wildman–Crippen LogP) is 1.61. The Balaban J connectivity index is 0.00000625. The third-order valence-corrected chi connectivity index (χ3v) is 5.32. The third kappa shape index (κ3) is 11.6. The molecule has 0 aromatic rings. The Morgan fingerprint density at radius 2 is 1.69 bits per heavy atom. The lowest BCUT2D eigenvalue weighted by atomic mass is 10.0. The first-order valence-electron chi connectivity index (χ1n) is 9.46. The van der Waals surface area contributed by atoms with Gasteiger partial charge in [0.05, 0.1) is 6.26 Å². The van der Waals surface area contributed by atoms with Crippen molar-refractivity contribution in [2.24, 2.45) is 10.9 Å².